The van der Waals surface area contributed by atoms with E-state index in [4.69, 9.17) is 4.74 Å². The van der Waals surface area contributed by atoms with Crippen molar-refractivity contribution in [2.24, 2.45) is 0 Å². The molecule has 2 amide bonds. The molecular weight excluding hydrogens is 398 g/mol. The number of carbonyl (C=O) groups excluding carboxylic acids is 3. The maximum Gasteiger partial charge on any atom is 0.261 e. The Kier molecular flexibility index (Phi) is 5.57. The highest BCUT2D eigenvalue weighted by atomic mass is 16.5. The van der Waals surface area contributed by atoms with E-state index < -0.39 is 0 Å². The largest absolute Gasteiger partial charge is 0.494 e. The molecule has 0 unspecified atom stereocenters. The predicted octanol–water partition coefficient (Wildman–Crippen LogP) is 2.16. The summed E-state index contributed by atoms with van der Waals surface area (Å²) in [6.07, 6.45) is 0.289. The van der Waals surface area contributed by atoms with Crippen LogP contribution in [0.15, 0.2) is 42.5 Å². The number of hydrogen-bond donors (Lipinski definition) is 0. The molecule has 1 aliphatic rings. The minimum Gasteiger partial charge on any atom is -0.494 e. The number of carbonyl (C=O) groups is 3. The third-order valence-electron chi connectivity index (χ3n) is 5.01. The molecule has 0 spiro atoms. The SMILES string of the molecule is CCOc1ccc(C(C)=O)cc1Cn1nnc(CCN2C(=O)c3ccccc3C2=O)n1. The van der Waals surface area contributed by atoms with Gasteiger partial charge in [0.2, 0.25) is 0 Å². The summed E-state index contributed by atoms with van der Waals surface area (Å²) in [4.78, 5) is 39.2. The number of fused-ring (bicyclic) bond motifs is 1. The summed E-state index contributed by atoms with van der Waals surface area (Å²) in [6, 6.07) is 12.0. The summed E-state index contributed by atoms with van der Waals surface area (Å²) in [5.74, 6) is 0.401. The van der Waals surface area contributed by atoms with Gasteiger partial charge in [0.25, 0.3) is 11.8 Å². The maximum absolute atomic E-state index is 12.5. The van der Waals surface area contributed by atoms with E-state index in [0.29, 0.717) is 34.9 Å². The van der Waals surface area contributed by atoms with Crippen LogP contribution in [-0.2, 0) is 13.0 Å². The number of hydrogen-bond acceptors (Lipinski definition) is 7. The number of tetrazole rings is 1. The van der Waals surface area contributed by atoms with Crippen molar-refractivity contribution in [1.82, 2.24) is 25.1 Å². The van der Waals surface area contributed by atoms with Gasteiger partial charge in [0, 0.05) is 24.1 Å². The molecule has 0 N–H and O–H groups in total. The standard InChI is InChI=1S/C22H21N5O4/c1-3-31-19-9-8-15(14(2)28)12-16(19)13-27-24-20(23-25-27)10-11-26-21(29)17-6-4-5-7-18(17)22(26)30/h4-9,12H,3,10-11,13H2,1-2H3. The first kappa shape index (κ1) is 20.4. The van der Waals surface area contributed by atoms with Gasteiger partial charge in [-0.15, -0.1) is 10.2 Å². The normalized spacial score (nSPS) is 12.9. The Morgan fingerprint density at radius 3 is 2.42 bits per heavy atom. The molecule has 31 heavy (non-hydrogen) atoms. The highest BCUT2D eigenvalue weighted by Gasteiger charge is 2.34. The second-order valence-corrected chi connectivity index (χ2v) is 7.11. The molecule has 158 valence electrons. The fourth-order valence-electron chi connectivity index (χ4n) is 3.47. The van der Waals surface area contributed by atoms with E-state index in [2.05, 4.69) is 15.4 Å². The number of nitrogens with zero attached hydrogens (tertiary/aromatic N) is 5. The van der Waals surface area contributed by atoms with Crippen molar-refractivity contribution in [3.8, 4) is 5.75 Å². The van der Waals surface area contributed by atoms with E-state index >= 15 is 0 Å². The van der Waals surface area contributed by atoms with Crippen molar-refractivity contribution in [3.05, 3.63) is 70.5 Å². The first-order valence-electron chi connectivity index (χ1n) is 9.96. The van der Waals surface area contributed by atoms with Crippen molar-refractivity contribution in [2.45, 2.75) is 26.8 Å². The van der Waals surface area contributed by atoms with Crippen LogP contribution in [0.25, 0.3) is 0 Å². The smallest absolute Gasteiger partial charge is 0.261 e. The Hall–Kier alpha value is -3.88. The maximum atomic E-state index is 12.5. The minimum atomic E-state index is -0.310. The van der Waals surface area contributed by atoms with Crippen molar-refractivity contribution in [1.29, 1.82) is 0 Å². The number of benzene rings is 2. The fourth-order valence-corrected chi connectivity index (χ4v) is 3.47. The molecule has 4 rings (SSSR count). The molecular formula is C22H21N5O4. The van der Waals surface area contributed by atoms with Crippen molar-refractivity contribution in [2.75, 3.05) is 13.2 Å². The number of ether oxygens (including phenoxy) is 1. The summed E-state index contributed by atoms with van der Waals surface area (Å²) in [6.45, 7) is 4.32. The number of imide groups is 1. The van der Waals surface area contributed by atoms with Crippen molar-refractivity contribution in [3.63, 3.8) is 0 Å². The molecule has 2 heterocycles. The molecule has 9 nitrogen and oxygen atoms in total. The monoisotopic (exact) mass is 419 g/mol. The number of ketones is 1. The molecule has 1 aromatic heterocycles. The lowest BCUT2D eigenvalue weighted by molar-refractivity contribution is 0.0655. The van der Waals surface area contributed by atoms with E-state index in [0.717, 1.165) is 5.56 Å². The Labute approximate surface area is 178 Å². The second-order valence-electron chi connectivity index (χ2n) is 7.11. The molecule has 0 saturated carbocycles. The molecule has 0 aliphatic carbocycles. The molecule has 3 aromatic rings. The lowest BCUT2D eigenvalue weighted by atomic mass is 10.1. The van der Waals surface area contributed by atoms with Crippen LogP contribution >= 0.6 is 0 Å². The van der Waals surface area contributed by atoms with Crippen LogP contribution in [-0.4, -0.2) is 55.9 Å². The number of Topliss-reactive ketones (excluding diaryl/α,β-unsaturated/α-hetero) is 1. The van der Waals surface area contributed by atoms with Crippen LogP contribution in [0.5, 0.6) is 5.75 Å². The first-order valence-corrected chi connectivity index (χ1v) is 9.96. The van der Waals surface area contributed by atoms with Crippen LogP contribution in [0.2, 0.25) is 0 Å². The molecule has 0 atom stereocenters. The van der Waals surface area contributed by atoms with E-state index in [-0.39, 0.29) is 37.1 Å². The van der Waals surface area contributed by atoms with Gasteiger partial charge in [-0.05, 0) is 49.4 Å². The summed E-state index contributed by atoms with van der Waals surface area (Å²) >= 11 is 0. The predicted molar refractivity (Wildman–Crippen MR) is 110 cm³/mol. The van der Waals surface area contributed by atoms with Gasteiger partial charge < -0.3 is 4.74 Å². The van der Waals surface area contributed by atoms with Gasteiger partial charge in [-0.25, -0.2) is 0 Å². The second kappa shape index (κ2) is 8.47. The molecule has 0 saturated heterocycles. The lowest BCUT2D eigenvalue weighted by Gasteiger charge is -2.12. The average Bonchev–Trinajstić information content (AvgIpc) is 3.31. The summed E-state index contributed by atoms with van der Waals surface area (Å²) < 4.78 is 5.64. The Bertz CT molecular complexity index is 1140. The zero-order valence-corrected chi connectivity index (χ0v) is 17.2. The highest BCUT2D eigenvalue weighted by molar-refractivity contribution is 6.21. The van der Waals surface area contributed by atoms with Crippen LogP contribution < -0.4 is 4.74 Å². The quantitative estimate of drug-likeness (QED) is 0.407. The van der Waals surface area contributed by atoms with Crippen LogP contribution in [0.4, 0.5) is 0 Å². The van der Waals surface area contributed by atoms with E-state index in [1.54, 1.807) is 42.5 Å². The zero-order chi connectivity index (χ0) is 22.0. The highest BCUT2D eigenvalue weighted by Crippen LogP contribution is 2.23. The number of amides is 2. The Morgan fingerprint density at radius 2 is 1.77 bits per heavy atom. The third-order valence-corrected chi connectivity index (χ3v) is 5.01. The topological polar surface area (TPSA) is 107 Å². The lowest BCUT2D eigenvalue weighted by Crippen LogP contribution is -2.32. The molecule has 0 bridgehead atoms. The zero-order valence-electron chi connectivity index (χ0n) is 17.2. The molecule has 0 radical (unpaired) electrons. The van der Waals surface area contributed by atoms with Crippen LogP contribution in [0, 0.1) is 0 Å². The Balaban J connectivity index is 1.45. The summed E-state index contributed by atoms with van der Waals surface area (Å²) in [5.41, 5.74) is 2.17. The van der Waals surface area contributed by atoms with Crippen molar-refractivity contribution < 1.29 is 19.1 Å². The molecule has 9 heteroatoms. The van der Waals surface area contributed by atoms with Gasteiger partial charge in [-0.2, -0.15) is 4.80 Å². The van der Waals surface area contributed by atoms with Gasteiger partial charge in [0.05, 0.1) is 24.3 Å². The van der Waals surface area contributed by atoms with E-state index in [9.17, 15) is 14.4 Å². The minimum absolute atomic E-state index is 0.0440. The molecule has 1 aliphatic heterocycles. The summed E-state index contributed by atoms with van der Waals surface area (Å²) in [5, 5.41) is 12.4. The van der Waals surface area contributed by atoms with Gasteiger partial charge in [-0.1, -0.05) is 12.1 Å². The summed E-state index contributed by atoms with van der Waals surface area (Å²) in [7, 11) is 0. The van der Waals surface area contributed by atoms with Crippen LogP contribution in [0.1, 0.15) is 56.3 Å². The van der Waals surface area contributed by atoms with Crippen LogP contribution in [0.3, 0.4) is 0 Å². The Morgan fingerprint density at radius 1 is 1.06 bits per heavy atom. The van der Waals surface area contributed by atoms with E-state index in [1.807, 2.05) is 6.92 Å². The van der Waals surface area contributed by atoms with E-state index in [1.165, 1.54) is 16.6 Å². The molecule has 0 fully saturated rings. The van der Waals surface area contributed by atoms with Gasteiger partial charge in [0.15, 0.2) is 11.6 Å². The average molecular weight is 419 g/mol. The molecule has 2 aromatic carbocycles. The van der Waals surface area contributed by atoms with Crippen molar-refractivity contribution >= 4 is 17.6 Å². The first-order chi connectivity index (χ1) is 15.0. The number of rotatable bonds is 8. The fraction of sp³-hybridized carbons (Fsp3) is 0.273. The number of aromatic nitrogens is 4. The third kappa shape index (κ3) is 4.07. The van der Waals surface area contributed by atoms with Gasteiger partial charge in [0.1, 0.15) is 5.75 Å². The van der Waals surface area contributed by atoms with Gasteiger partial charge in [-0.3, -0.25) is 19.3 Å². The van der Waals surface area contributed by atoms with Gasteiger partial charge >= 0.3 is 0 Å².